The largest absolute Gasteiger partial charge is 0.469 e. The predicted octanol–water partition coefficient (Wildman–Crippen LogP) is 1.65. The Morgan fingerprint density at radius 3 is 3.00 bits per heavy atom. The summed E-state index contributed by atoms with van der Waals surface area (Å²) in [5, 5.41) is 11.0. The van der Waals surface area contributed by atoms with Crippen LogP contribution in [0.1, 0.15) is 18.6 Å². The molecule has 16 heavy (non-hydrogen) atoms. The topological polar surface area (TPSA) is 64.1 Å². The Hall–Kier alpha value is -1.62. The second-order valence-electron chi connectivity index (χ2n) is 3.47. The normalized spacial score (nSPS) is 10.9. The smallest absolute Gasteiger partial charge is 0.251 e. The standard InChI is InChI=1S/C11H15N3O2/c1-3-9-8(5-7-15-9)11-14-13-10(16-11)4-6-12-2/h5,7,12H,3-4,6H2,1-2H3. The Bertz CT molecular complexity index is 448. The third kappa shape index (κ3) is 2.14. The molecule has 0 spiro atoms. The molecular weight excluding hydrogens is 206 g/mol. The number of aryl methyl sites for hydroxylation is 1. The maximum Gasteiger partial charge on any atom is 0.251 e. The monoisotopic (exact) mass is 221 g/mol. The van der Waals surface area contributed by atoms with E-state index in [0.717, 1.165) is 30.7 Å². The zero-order chi connectivity index (χ0) is 11.4. The third-order valence-electron chi connectivity index (χ3n) is 2.35. The minimum absolute atomic E-state index is 0.539. The molecule has 2 rings (SSSR count). The van der Waals surface area contributed by atoms with Crippen LogP contribution in [0.2, 0.25) is 0 Å². The fourth-order valence-electron chi connectivity index (χ4n) is 1.50. The van der Waals surface area contributed by atoms with E-state index in [1.165, 1.54) is 0 Å². The number of hydrogen-bond donors (Lipinski definition) is 1. The molecule has 5 nitrogen and oxygen atoms in total. The lowest BCUT2D eigenvalue weighted by Crippen LogP contribution is -2.10. The van der Waals surface area contributed by atoms with Gasteiger partial charge in [0.2, 0.25) is 5.89 Å². The van der Waals surface area contributed by atoms with E-state index in [4.69, 9.17) is 8.83 Å². The highest BCUT2D eigenvalue weighted by atomic mass is 16.4. The van der Waals surface area contributed by atoms with Gasteiger partial charge in [-0.1, -0.05) is 6.92 Å². The molecule has 0 saturated heterocycles. The zero-order valence-corrected chi connectivity index (χ0v) is 9.49. The van der Waals surface area contributed by atoms with Crippen LogP contribution in [-0.4, -0.2) is 23.8 Å². The molecule has 2 aromatic heterocycles. The molecule has 0 aliphatic heterocycles. The molecule has 1 N–H and O–H groups in total. The van der Waals surface area contributed by atoms with Gasteiger partial charge < -0.3 is 14.2 Å². The molecule has 0 atom stereocenters. The molecule has 0 saturated carbocycles. The lowest BCUT2D eigenvalue weighted by Gasteiger charge is -1.94. The van der Waals surface area contributed by atoms with Crippen LogP contribution in [0.5, 0.6) is 0 Å². The van der Waals surface area contributed by atoms with E-state index in [9.17, 15) is 0 Å². The van der Waals surface area contributed by atoms with Gasteiger partial charge in [-0.05, 0) is 13.1 Å². The van der Waals surface area contributed by atoms with E-state index < -0.39 is 0 Å². The van der Waals surface area contributed by atoms with Crippen molar-refractivity contribution in [3.63, 3.8) is 0 Å². The summed E-state index contributed by atoms with van der Waals surface area (Å²) in [6, 6.07) is 1.86. The molecule has 86 valence electrons. The van der Waals surface area contributed by atoms with Crippen LogP contribution in [0.15, 0.2) is 21.2 Å². The first kappa shape index (κ1) is 10.9. The van der Waals surface area contributed by atoms with E-state index in [1.54, 1.807) is 6.26 Å². The first-order chi connectivity index (χ1) is 7.85. The van der Waals surface area contributed by atoms with Crippen LogP contribution in [0.4, 0.5) is 0 Å². The van der Waals surface area contributed by atoms with E-state index in [-0.39, 0.29) is 0 Å². The van der Waals surface area contributed by atoms with Crippen LogP contribution in [0, 0.1) is 0 Å². The lowest BCUT2D eigenvalue weighted by atomic mass is 10.2. The van der Waals surface area contributed by atoms with E-state index in [1.807, 2.05) is 20.0 Å². The second-order valence-corrected chi connectivity index (χ2v) is 3.47. The summed E-state index contributed by atoms with van der Waals surface area (Å²) >= 11 is 0. The number of hydrogen-bond acceptors (Lipinski definition) is 5. The number of rotatable bonds is 5. The highest BCUT2D eigenvalue weighted by molar-refractivity contribution is 5.54. The number of aromatic nitrogens is 2. The summed E-state index contributed by atoms with van der Waals surface area (Å²) in [6.45, 7) is 2.86. The summed E-state index contributed by atoms with van der Waals surface area (Å²) in [5.41, 5.74) is 0.894. The predicted molar refractivity (Wildman–Crippen MR) is 59.0 cm³/mol. The van der Waals surface area contributed by atoms with Gasteiger partial charge >= 0.3 is 0 Å². The summed E-state index contributed by atoms with van der Waals surface area (Å²) in [7, 11) is 1.89. The van der Waals surface area contributed by atoms with Crippen molar-refractivity contribution in [1.29, 1.82) is 0 Å². The summed E-state index contributed by atoms with van der Waals surface area (Å²) < 4.78 is 10.9. The van der Waals surface area contributed by atoms with Crippen LogP contribution in [0.3, 0.4) is 0 Å². The van der Waals surface area contributed by atoms with Crippen molar-refractivity contribution in [2.45, 2.75) is 19.8 Å². The summed E-state index contributed by atoms with van der Waals surface area (Å²) in [5.74, 6) is 2.06. The molecule has 0 amide bonds. The van der Waals surface area contributed by atoms with E-state index >= 15 is 0 Å². The van der Waals surface area contributed by atoms with Gasteiger partial charge in [0, 0.05) is 19.4 Å². The molecule has 2 heterocycles. The van der Waals surface area contributed by atoms with Crippen molar-refractivity contribution in [3.05, 3.63) is 24.0 Å². The molecule has 0 fully saturated rings. The first-order valence-electron chi connectivity index (χ1n) is 5.39. The molecular formula is C11H15N3O2. The van der Waals surface area contributed by atoms with Gasteiger partial charge in [-0.15, -0.1) is 10.2 Å². The van der Waals surface area contributed by atoms with Crippen LogP contribution in [-0.2, 0) is 12.8 Å². The Balaban J connectivity index is 2.18. The molecule has 2 aromatic rings. The maximum absolute atomic E-state index is 5.55. The van der Waals surface area contributed by atoms with Gasteiger partial charge in [0.05, 0.1) is 11.8 Å². The van der Waals surface area contributed by atoms with Crippen LogP contribution >= 0.6 is 0 Å². The van der Waals surface area contributed by atoms with E-state index in [2.05, 4.69) is 15.5 Å². The summed E-state index contributed by atoms with van der Waals surface area (Å²) in [6.07, 6.45) is 3.20. The second kappa shape index (κ2) is 4.94. The number of nitrogens with zero attached hydrogens (tertiary/aromatic N) is 2. The first-order valence-corrected chi connectivity index (χ1v) is 5.39. The quantitative estimate of drug-likeness (QED) is 0.831. The summed E-state index contributed by atoms with van der Waals surface area (Å²) in [4.78, 5) is 0. The van der Waals surface area contributed by atoms with Crippen molar-refractivity contribution in [1.82, 2.24) is 15.5 Å². The number of nitrogens with one attached hydrogen (secondary N) is 1. The minimum Gasteiger partial charge on any atom is -0.469 e. The van der Waals surface area contributed by atoms with Gasteiger partial charge in [-0.2, -0.15) is 0 Å². The van der Waals surface area contributed by atoms with Gasteiger partial charge in [-0.25, -0.2) is 0 Å². The zero-order valence-electron chi connectivity index (χ0n) is 9.49. The van der Waals surface area contributed by atoms with Crippen LogP contribution in [0.25, 0.3) is 11.5 Å². The average molecular weight is 221 g/mol. The molecule has 0 unspecified atom stereocenters. The van der Waals surface area contributed by atoms with E-state index in [0.29, 0.717) is 11.8 Å². The molecule has 0 bridgehead atoms. The average Bonchev–Trinajstić information content (AvgIpc) is 2.94. The molecule has 0 aromatic carbocycles. The van der Waals surface area contributed by atoms with Gasteiger partial charge in [0.25, 0.3) is 5.89 Å². The minimum atomic E-state index is 0.539. The Kier molecular flexibility index (Phi) is 3.36. The molecule has 5 heteroatoms. The fourth-order valence-corrected chi connectivity index (χ4v) is 1.50. The van der Waals surface area contributed by atoms with Gasteiger partial charge in [0.15, 0.2) is 0 Å². The number of furan rings is 1. The SMILES string of the molecule is CCc1occc1-c1nnc(CCNC)o1. The lowest BCUT2D eigenvalue weighted by molar-refractivity contribution is 0.492. The molecule has 0 aliphatic rings. The third-order valence-corrected chi connectivity index (χ3v) is 2.35. The Morgan fingerprint density at radius 1 is 1.38 bits per heavy atom. The highest BCUT2D eigenvalue weighted by Gasteiger charge is 2.13. The highest BCUT2D eigenvalue weighted by Crippen LogP contribution is 2.23. The van der Waals surface area contributed by atoms with Crippen molar-refractivity contribution >= 4 is 0 Å². The van der Waals surface area contributed by atoms with Crippen LogP contribution < -0.4 is 5.32 Å². The van der Waals surface area contributed by atoms with Crippen molar-refractivity contribution < 1.29 is 8.83 Å². The Labute approximate surface area is 93.9 Å². The van der Waals surface area contributed by atoms with Crippen molar-refractivity contribution in [2.24, 2.45) is 0 Å². The Morgan fingerprint density at radius 2 is 2.25 bits per heavy atom. The van der Waals surface area contributed by atoms with Gasteiger partial charge in [0.1, 0.15) is 5.76 Å². The fraction of sp³-hybridized carbons (Fsp3) is 0.455. The maximum atomic E-state index is 5.55. The van der Waals surface area contributed by atoms with Crippen molar-refractivity contribution in [2.75, 3.05) is 13.6 Å². The number of likely N-dealkylation sites (N-methyl/N-ethyl adjacent to an activating group) is 1. The molecule has 0 radical (unpaired) electrons. The van der Waals surface area contributed by atoms with Gasteiger partial charge in [-0.3, -0.25) is 0 Å². The molecule has 0 aliphatic carbocycles. The van der Waals surface area contributed by atoms with Crippen molar-refractivity contribution in [3.8, 4) is 11.5 Å².